The zero-order chi connectivity index (χ0) is 19.1. The van der Waals surface area contributed by atoms with Crippen LogP contribution in [0.3, 0.4) is 0 Å². The maximum absolute atomic E-state index is 14.1. The molecule has 6 heteroatoms. The van der Waals surface area contributed by atoms with Gasteiger partial charge in [-0.05, 0) is 43.0 Å². The number of pyridine rings is 1. The number of fused-ring (bicyclic) bond motifs is 1. The van der Waals surface area contributed by atoms with Crippen molar-refractivity contribution in [1.29, 1.82) is 0 Å². The average molecular weight is 369 g/mol. The molecule has 2 aliphatic rings. The normalized spacial score (nSPS) is 24.3. The molecule has 27 heavy (non-hydrogen) atoms. The van der Waals surface area contributed by atoms with Crippen molar-refractivity contribution in [1.82, 2.24) is 4.98 Å². The van der Waals surface area contributed by atoms with Gasteiger partial charge in [-0.15, -0.1) is 0 Å². The second-order valence-electron chi connectivity index (χ2n) is 7.48. The highest BCUT2D eigenvalue weighted by Gasteiger charge is 2.47. The van der Waals surface area contributed by atoms with Gasteiger partial charge in [0, 0.05) is 42.4 Å². The summed E-state index contributed by atoms with van der Waals surface area (Å²) in [5, 5.41) is 3.47. The van der Waals surface area contributed by atoms with Gasteiger partial charge in [0.05, 0.1) is 13.2 Å². The Morgan fingerprint density at radius 3 is 2.74 bits per heavy atom. The molecule has 5 nitrogen and oxygen atoms in total. The first-order valence-electron chi connectivity index (χ1n) is 9.35. The molecular formula is C21H24FN3O2. The van der Waals surface area contributed by atoms with E-state index in [9.17, 15) is 9.18 Å². The Morgan fingerprint density at radius 2 is 2.07 bits per heavy atom. The quantitative estimate of drug-likeness (QED) is 0.879. The van der Waals surface area contributed by atoms with Crippen LogP contribution in [0, 0.1) is 17.7 Å². The molecule has 0 spiro atoms. The molecule has 1 fully saturated rings. The van der Waals surface area contributed by atoms with Crippen molar-refractivity contribution < 1.29 is 13.9 Å². The topological polar surface area (TPSA) is 54.5 Å². The third-order valence-corrected chi connectivity index (χ3v) is 5.66. The van der Waals surface area contributed by atoms with E-state index in [2.05, 4.69) is 17.2 Å². The van der Waals surface area contributed by atoms with Gasteiger partial charge in [0.2, 0.25) is 5.91 Å². The number of carbonyl (C=O) groups is 1. The van der Waals surface area contributed by atoms with E-state index in [1.807, 2.05) is 11.0 Å². The number of benzene rings is 1. The second-order valence-corrected chi connectivity index (χ2v) is 7.48. The van der Waals surface area contributed by atoms with Crippen LogP contribution in [0.1, 0.15) is 38.3 Å². The molecule has 1 aliphatic heterocycles. The van der Waals surface area contributed by atoms with E-state index in [0.717, 1.165) is 24.1 Å². The van der Waals surface area contributed by atoms with Gasteiger partial charge in [-0.2, -0.15) is 0 Å². The molecule has 1 amide bonds. The van der Waals surface area contributed by atoms with Crippen molar-refractivity contribution in [2.75, 3.05) is 17.3 Å². The van der Waals surface area contributed by atoms with Crippen molar-refractivity contribution in [3.63, 3.8) is 0 Å². The Bertz CT molecular complexity index is 868. The fourth-order valence-corrected chi connectivity index (χ4v) is 4.31. The summed E-state index contributed by atoms with van der Waals surface area (Å²) in [6.45, 7) is 3.72. The van der Waals surface area contributed by atoms with Crippen LogP contribution in [0.2, 0.25) is 0 Å². The minimum atomic E-state index is -0.306. The van der Waals surface area contributed by atoms with Gasteiger partial charge in [-0.1, -0.05) is 6.92 Å². The van der Waals surface area contributed by atoms with Crippen molar-refractivity contribution in [3.05, 3.63) is 47.9 Å². The number of aromatic nitrogens is 1. The minimum Gasteiger partial charge on any atom is -0.497 e. The third kappa shape index (κ3) is 3.24. The zero-order valence-electron chi connectivity index (χ0n) is 15.8. The van der Waals surface area contributed by atoms with E-state index in [4.69, 9.17) is 4.74 Å². The Hall–Kier alpha value is -2.63. The molecule has 0 bridgehead atoms. The molecule has 142 valence electrons. The van der Waals surface area contributed by atoms with E-state index in [0.29, 0.717) is 17.5 Å². The summed E-state index contributed by atoms with van der Waals surface area (Å²) in [5.41, 5.74) is 1.58. The largest absolute Gasteiger partial charge is 0.497 e. The summed E-state index contributed by atoms with van der Waals surface area (Å²) in [7, 11) is 1.61. The summed E-state index contributed by atoms with van der Waals surface area (Å²) < 4.78 is 19.4. The average Bonchev–Trinajstić information content (AvgIpc) is 3.48. The molecule has 0 radical (unpaired) electrons. The molecule has 4 rings (SSSR count). The van der Waals surface area contributed by atoms with Gasteiger partial charge in [-0.25, -0.2) is 9.37 Å². The van der Waals surface area contributed by atoms with Gasteiger partial charge in [0.1, 0.15) is 17.4 Å². The number of methoxy groups -OCH3 is 1. The number of nitrogens with zero attached hydrogens (tertiary/aromatic N) is 2. The smallest absolute Gasteiger partial charge is 0.224 e. The summed E-state index contributed by atoms with van der Waals surface area (Å²) in [5.74, 6) is 1.68. The first-order valence-corrected chi connectivity index (χ1v) is 9.35. The molecule has 2 aromatic rings. The van der Waals surface area contributed by atoms with Crippen molar-refractivity contribution in [2.45, 2.75) is 38.8 Å². The molecule has 3 atom stereocenters. The molecule has 2 heterocycles. The lowest BCUT2D eigenvalue weighted by atomic mass is 9.80. The van der Waals surface area contributed by atoms with Crippen LogP contribution in [0.25, 0.3) is 0 Å². The Labute approximate surface area is 158 Å². The lowest BCUT2D eigenvalue weighted by Gasteiger charge is -2.45. The third-order valence-electron chi connectivity index (χ3n) is 5.66. The van der Waals surface area contributed by atoms with E-state index in [1.54, 1.807) is 32.4 Å². The summed E-state index contributed by atoms with van der Waals surface area (Å²) in [6, 6.07) is 8.25. The predicted octanol–water partition coefficient (Wildman–Crippen LogP) is 4.16. The molecule has 1 N–H and O–H groups in total. The molecular weight excluding hydrogens is 345 g/mol. The van der Waals surface area contributed by atoms with Crippen LogP contribution in [0.15, 0.2) is 36.5 Å². The lowest BCUT2D eigenvalue weighted by Crippen LogP contribution is -2.51. The standard InChI is InChI=1S/C21H24FN3O2/c1-12-20(24-19-11-16(27-3)8-9-23-19)17-10-15(22)6-7-18(17)25(13(2)26)21(12)14-4-5-14/h6-12,14,20-21H,4-5H2,1-3H3,(H,23,24)/t12-,20-,21-/m1/s1. The van der Waals surface area contributed by atoms with E-state index in [-0.39, 0.29) is 29.7 Å². The number of halogens is 1. The lowest BCUT2D eigenvalue weighted by molar-refractivity contribution is -0.117. The van der Waals surface area contributed by atoms with E-state index >= 15 is 0 Å². The fourth-order valence-electron chi connectivity index (χ4n) is 4.31. The van der Waals surface area contributed by atoms with Crippen LogP contribution in [0.4, 0.5) is 15.9 Å². The monoisotopic (exact) mass is 369 g/mol. The van der Waals surface area contributed by atoms with Gasteiger partial charge in [0.15, 0.2) is 0 Å². The molecule has 1 aromatic carbocycles. The highest BCUT2D eigenvalue weighted by Crippen LogP contribution is 2.50. The van der Waals surface area contributed by atoms with Crippen LogP contribution in [-0.2, 0) is 4.79 Å². The predicted molar refractivity (Wildman–Crippen MR) is 102 cm³/mol. The highest BCUT2D eigenvalue weighted by atomic mass is 19.1. The van der Waals surface area contributed by atoms with E-state index < -0.39 is 0 Å². The number of rotatable bonds is 4. The maximum Gasteiger partial charge on any atom is 0.224 e. The van der Waals surface area contributed by atoms with Crippen LogP contribution < -0.4 is 15.0 Å². The van der Waals surface area contributed by atoms with Crippen LogP contribution >= 0.6 is 0 Å². The Balaban J connectivity index is 1.78. The molecule has 1 aliphatic carbocycles. The Kier molecular flexibility index (Phi) is 4.50. The zero-order valence-corrected chi connectivity index (χ0v) is 15.8. The molecule has 1 saturated carbocycles. The number of carbonyl (C=O) groups excluding carboxylic acids is 1. The highest BCUT2D eigenvalue weighted by molar-refractivity contribution is 5.94. The SMILES string of the molecule is COc1ccnc(N[C@H]2c3cc(F)ccc3N(C(C)=O)[C@@H](C3CC3)[C@@H]2C)c1. The minimum absolute atomic E-state index is 0.00423. The molecule has 1 aromatic heterocycles. The number of hydrogen-bond donors (Lipinski definition) is 1. The van der Waals surface area contributed by atoms with E-state index in [1.165, 1.54) is 12.1 Å². The van der Waals surface area contributed by atoms with Crippen LogP contribution in [0.5, 0.6) is 5.75 Å². The fraction of sp³-hybridized carbons (Fsp3) is 0.429. The van der Waals surface area contributed by atoms with Gasteiger partial charge in [-0.3, -0.25) is 4.79 Å². The van der Waals surface area contributed by atoms with Gasteiger partial charge < -0.3 is 15.0 Å². The second kappa shape index (κ2) is 6.83. The summed E-state index contributed by atoms with van der Waals surface area (Å²) in [6.07, 6.45) is 3.93. The summed E-state index contributed by atoms with van der Waals surface area (Å²) in [4.78, 5) is 18.7. The van der Waals surface area contributed by atoms with Crippen LogP contribution in [-0.4, -0.2) is 24.0 Å². The number of amides is 1. The first kappa shape index (κ1) is 17.8. The molecule has 0 unspecified atom stereocenters. The van der Waals surface area contributed by atoms with Crippen molar-refractivity contribution >= 4 is 17.4 Å². The number of nitrogens with one attached hydrogen (secondary N) is 1. The van der Waals surface area contributed by atoms with Crippen molar-refractivity contribution in [3.8, 4) is 5.75 Å². The van der Waals surface area contributed by atoms with Crippen molar-refractivity contribution in [2.24, 2.45) is 11.8 Å². The summed E-state index contributed by atoms with van der Waals surface area (Å²) >= 11 is 0. The van der Waals surface area contributed by atoms with Gasteiger partial charge in [0.25, 0.3) is 0 Å². The van der Waals surface area contributed by atoms with Gasteiger partial charge >= 0.3 is 0 Å². The Morgan fingerprint density at radius 1 is 1.30 bits per heavy atom. The first-order chi connectivity index (χ1) is 13.0. The maximum atomic E-state index is 14.1. The number of ether oxygens (including phenoxy) is 1. The number of hydrogen-bond acceptors (Lipinski definition) is 4. The number of anilines is 2. The molecule has 0 saturated heterocycles.